The van der Waals surface area contributed by atoms with Gasteiger partial charge in [0.1, 0.15) is 0 Å². The van der Waals surface area contributed by atoms with Crippen LogP contribution < -0.4 is 20.1 Å². The molecular formula is C18H21ClN4O3. The van der Waals surface area contributed by atoms with E-state index >= 15 is 0 Å². The van der Waals surface area contributed by atoms with E-state index in [9.17, 15) is 4.79 Å². The van der Waals surface area contributed by atoms with Gasteiger partial charge in [-0.15, -0.1) is 12.4 Å². The predicted octanol–water partition coefficient (Wildman–Crippen LogP) is 2.77. The topological polar surface area (TPSA) is 88.3 Å². The van der Waals surface area contributed by atoms with Crippen LogP contribution in [0.3, 0.4) is 0 Å². The summed E-state index contributed by atoms with van der Waals surface area (Å²) >= 11 is 0. The maximum absolute atomic E-state index is 12.6. The number of carbonyl (C=O) groups excluding carboxylic acids is 1. The molecule has 8 heteroatoms. The van der Waals surface area contributed by atoms with Gasteiger partial charge in [-0.2, -0.15) is 5.10 Å². The molecule has 0 radical (unpaired) electrons. The summed E-state index contributed by atoms with van der Waals surface area (Å²) in [5.74, 6) is 0.750. The Kier molecular flexibility index (Phi) is 4.28. The Labute approximate surface area is 157 Å². The van der Waals surface area contributed by atoms with E-state index < -0.39 is 5.79 Å². The van der Waals surface area contributed by atoms with Crippen molar-refractivity contribution in [2.75, 3.05) is 11.9 Å². The Hall–Kier alpha value is -2.25. The standard InChI is InChI=1S/C18H20N4O3.ClH/c23-17(16-12-10-19-8-5-13(12)21-22-16)20-11-3-4-14-15(9-11)25-18(24-14)6-1-2-7-18;/h3-4,9,19H,1-2,5-8,10H2,(H,20,23)(H,21,22);1H. The Morgan fingerprint density at radius 3 is 2.85 bits per heavy atom. The van der Waals surface area contributed by atoms with E-state index in [-0.39, 0.29) is 18.3 Å². The normalized spacial score (nSPS) is 19.1. The highest BCUT2D eigenvalue weighted by Gasteiger charge is 2.44. The van der Waals surface area contributed by atoms with Crippen LogP contribution in [-0.4, -0.2) is 28.4 Å². The summed E-state index contributed by atoms with van der Waals surface area (Å²) in [6.07, 6.45) is 4.93. The molecule has 3 heterocycles. The van der Waals surface area contributed by atoms with Crippen molar-refractivity contribution in [3.63, 3.8) is 0 Å². The summed E-state index contributed by atoms with van der Waals surface area (Å²) < 4.78 is 12.1. The summed E-state index contributed by atoms with van der Waals surface area (Å²) in [7, 11) is 0. The average molecular weight is 377 g/mol. The van der Waals surface area contributed by atoms with Crippen LogP contribution in [0.1, 0.15) is 47.4 Å². The molecule has 1 saturated carbocycles. The molecule has 0 saturated heterocycles. The minimum atomic E-state index is -0.488. The van der Waals surface area contributed by atoms with Crippen molar-refractivity contribution in [1.29, 1.82) is 0 Å². The second-order valence-electron chi connectivity index (χ2n) is 6.89. The largest absolute Gasteiger partial charge is 0.448 e. The summed E-state index contributed by atoms with van der Waals surface area (Å²) in [5, 5.41) is 13.4. The molecule has 1 fully saturated rings. The molecule has 138 valence electrons. The van der Waals surface area contributed by atoms with Crippen molar-refractivity contribution in [3.8, 4) is 11.5 Å². The quantitative estimate of drug-likeness (QED) is 0.750. The number of fused-ring (bicyclic) bond motifs is 2. The number of aromatic amines is 1. The molecule has 3 aliphatic rings. The van der Waals surface area contributed by atoms with Crippen LogP contribution in [0.4, 0.5) is 5.69 Å². The lowest BCUT2D eigenvalue weighted by Gasteiger charge is -2.21. The van der Waals surface area contributed by atoms with Crippen molar-refractivity contribution in [2.45, 2.75) is 44.4 Å². The number of carbonyl (C=O) groups is 1. The lowest BCUT2D eigenvalue weighted by atomic mass is 10.1. The smallest absolute Gasteiger partial charge is 0.276 e. The van der Waals surface area contributed by atoms with Gasteiger partial charge in [-0.05, 0) is 25.0 Å². The predicted molar refractivity (Wildman–Crippen MR) is 98.1 cm³/mol. The Morgan fingerprint density at radius 2 is 2.00 bits per heavy atom. The third-order valence-corrected chi connectivity index (χ3v) is 5.18. The molecule has 5 rings (SSSR count). The van der Waals surface area contributed by atoms with Gasteiger partial charge in [-0.3, -0.25) is 9.89 Å². The number of anilines is 1. The van der Waals surface area contributed by atoms with Crippen molar-refractivity contribution in [3.05, 3.63) is 35.2 Å². The highest BCUT2D eigenvalue weighted by atomic mass is 35.5. The van der Waals surface area contributed by atoms with E-state index in [4.69, 9.17) is 9.47 Å². The first kappa shape index (κ1) is 17.2. The first-order valence-corrected chi connectivity index (χ1v) is 8.83. The zero-order chi connectivity index (χ0) is 16.9. The van der Waals surface area contributed by atoms with Gasteiger partial charge in [0.05, 0.1) is 0 Å². The molecule has 3 N–H and O–H groups in total. The van der Waals surface area contributed by atoms with E-state index in [0.717, 1.165) is 55.7 Å². The molecule has 1 aromatic heterocycles. The molecule has 2 aliphatic heterocycles. The number of nitrogens with zero attached hydrogens (tertiary/aromatic N) is 1. The molecule has 0 bridgehead atoms. The van der Waals surface area contributed by atoms with Crippen LogP contribution in [-0.2, 0) is 13.0 Å². The maximum atomic E-state index is 12.6. The second kappa shape index (κ2) is 6.48. The number of benzene rings is 1. The lowest BCUT2D eigenvalue weighted by molar-refractivity contribution is -0.0716. The van der Waals surface area contributed by atoms with E-state index in [1.807, 2.05) is 18.2 Å². The Morgan fingerprint density at radius 1 is 1.19 bits per heavy atom. The van der Waals surface area contributed by atoms with Crippen LogP contribution in [0.5, 0.6) is 11.5 Å². The fraction of sp³-hybridized carbons (Fsp3) is 0.444. The van der Waals surface area contributed by atoms with Crippen LogP contribution in [0.25, 0.3) is 0 Å². The number of aromatic nitrogens is 2. The molecule has 1 aliphatic carbocycles. The minimum absolute atomic E-state index is 0. The number of amides is 1. The van der Waals surface area contributed by atoms with Crippen LogP contribution in [0, 0.1) is 0 Å². The zero-order valence-corrected chi connectivity index (χ0v) is 15.1. The first-order chi connectivity index (χ1) is 12.2. The summed E-state index contributed by atoms with van der Waals surface area (Å²) in [4.78, 5) is 12.6. The number of ether oxygens (including phenoxy) is 2. The van der Waals surface area contributed by atoms with E-state index in [1.54, 1.807) is 0 Å². The van der Waals surface area contributed by atoms with Gasteiger partial charge in [0, 0.05) is 55.4 Å². The van der Waals surface area contributed by atoms with E-state index in [1.165, 1.54) is 0 Å². The van der Waals surface area contributed by atoms with Gasteiger partial charge < -0.3 is 20.1 Å². The van der Waals surface area contributed by atoms with Gasteiger partial charge in [0.2, 0.25) is 0 Å². The Bertz CT molecular complexity index is 845. The van der Waals surface area contributed by atoms with Crippen molar-refractivity contribution >= 4 is 24.0 Å². The fourth-order valence-corrected chi connectivity index (χ4v) is 3.89. The molecular weight excluding hydrogens is 356 g/mol. The number of nitrogens with one attached hydrogen (secondary N) is 3. The number of hydrogen-bond donors (Lipinski definition) is 3. The van der Waals surface area contributed by atoms with Gasteiger partial charge in [0.25, 0.3) is 11.7 Å². The van der Waals surface area contributed by atoms with E-state index in [2.05, 4.69) is 20.8 Å². The number of hydrogen-bond acceptors (Lipinski definition) is 5. The minimum Gasteiger partial charge on any atom is -0.448 e. The Balaban J connectivity index is 0.00000168. The van der Waals surface area contributed by atoms with Gasteiger partial charge in [-0.25, -0.2) is 0 Å². The molecule has 0 atom stereocenters. The molecule has 1 aromatic carbocycles. The highest BCUT2D eigenvalue weighted by molar-refractivity contribution is 6.04. The summed E-state index contributed by atoms with van der Waals surface area (Å²) in [6.45, 7) is 1.57. The SMILES string of the molecule is Cl.O=C(Nc1ccc2c(c1)OC1(CCCC1)O2)c1n[nH]c2c1CNCC2. The summed E-state index contributed by atoms with van der Waals surface area (Å²) in [5.41, 5.74) is 3.13. The molecule has 7 nitrogen and oxygen atoms in total. The van der Waals surface area contributed by atoms with E-state index in [0.29, 0.717) is 23.7 Å². The summed E-state index contributed by atoms with van der Waals surface area (Å²) in [6, 6.07) is 5.53. The van der Waals surface area contributed by atoms with Gasteiger partial charge in [0.15, 0.2) is 17.2 Å². The first-order valence-electron chi connectivity index (χ1n) is 8.83. The van der Waals surface area contributed by atoms with Crippen molar-refractivity contribution in [2.24, 2.45) is 0 Å². The van der Waals surface area contributed by atoms with Crippen molar-refractivity contribution in [1.82, 2.24) is 15.5 Å². The molecule has 1 spiro atoms. The molecule has 26 heavy (non-hydrogen) atoms. The number of H-pyrrole nitrogens is 1. The maximum Gasteiger partial charge on any atom is 0.276 e. The highest BCUT2D eigenvalue weighted by Crippen LogP contribution is 2.47. The average Bonchev–Trinajstić information content (AvgIpc) is 3.32. The second-order valence-corrected chi connectivity index (χ2v) is 6.89. The van der Waals surface area contributed by atoms with Crippen LogP contribution in [0.2, 0.25) is 0 Å². The third-order valence-electron chi connectivity index (χ3n) is 5.18. The molecule has 1 amide bonds. The van der Waals surface area contributed by atoms with Gasteiger partial charge >= 0.3 is 0 Å². The number of rotatable bonds is 2. The number of halogens is 1. The fourth-order valence-electron chi connectivity index (χ4n) is 3.89. The third kappa shape index (κ3) is 2.81. The zero-order valence-electron chi connectivity index (χ0n) is 14.3. The monoisotopic (exact) mass is 376 g/mol. The lowest BCUT2D eigenvalue weighted by Crippen LogP contribution is -2.34. The van der Waals surface area contributed by atoms with Crippen molar-refractivity contribution < 1.29 is 14.3 Å². The van der Waals surface area contributed by atoms with Crippen LogP contribution in [0.15, 0.2) is 18.2 Å². The van der Waals surface area contributed by atoms with Crippen LogP contribution >= 0.6 is 12.4 Å². The molecule has 2 aromatic rings. The molecule has 0 unspecified atom stereocenters. The van der Waals surface area contributed by atoms with Gasteiger partial charge in [-0.1, -0.05) is 0 Å².